The first-order valence-corrected chi connectivity index (χ1v) is 10.3. The predicted octanol–water partition coefficient (Wildman–Crippen LogP) is 3.73. The van der Waals surface area contributed by atoms with Crippen LogP contribution in [0, 0.1) is 6.92 Å². The normalized spacial score (nSPS) is 10.5. The highest BCUT2D eigenvalue weighted by molar-refractivity contribution is 5.92. The second-order valence-corrected chi connectivity index (χ2v) is 7.26. The molecule has 0 fully saturated rings. The molecule has 2 aromatic carbocycles. The van der Waals surface area contributed by atoms with Crippen molar-refractivity contribution >= 4 is 11.8 Å². The van der Waals surface area contributed by atoms with Gasteiger partial charge in [0.15, 0.2) is 18.1 Å². The minimum absolute atomic E-state index is 0.0674. The Morgan fingerprint density at radius 3 is 2.55 bits per heavy atom. The first-order chi connectivity index (χ1) is 15.0. The van der Waals surface area contributed by atoms with E-state index in [4.69, 9.17) is 9.26 Å². The average Bonchev–Trinajstić information content (AvgIpc) is 3.26. The van der Waals surface area contributed by atoms with Gasteiger partial charge in [-0.1, -0.05) is 60.1 Å². The Hall–Kier alpha value is -3.61. The van der Waals surface area contributed by atoms with Gasteiger partial charge in [-0.25, -0.2) is 0 Å². The fraction of sp³-hybridized carbons (Fsp3) is 0.292. The Kier molecular flexibility index (Phi) is 7.81. The van der Waals surface area contributed by atoms with Crippen molar-refractivity contribution < 1.29 is 18.8 Å². The van der Waals surface area contributed by atoms with Crippen molar-refractivity contribution in [3.05, 3.63) is 83.2 Å². The van der Waals surface area contributed by atoms with Gasteiger partial charge in [0.05, 0.1) is 6.54 Å². The van der Waals surface area contributed by atoms with Gasteiger partial charge in [0, 0.05) is 19.2 Å². The van der Waals surface area contributed by atoms with Crippen LogP contribution in [0.1, 0.15) is 40.7 Å². The van der Waals surface area contributed by atoms with Crippen molar-refractivity contribution in [2.75, 3.05) is 13.2 Å². The molecule has 1 heterocycles. The molecule has 0 saturated carbocycles. The Morgan fingerprint density at radius 2 is 1.84 bits per heavy atom. The van der Waals surface area contributed by atoms with Gasteiger partial charge in [0.1, 0.15) is 5.75 Å². The number of benzene rings is 2. The molecule has 1 aromatic heterocycles. The summed E-state index contributed by atoms with van der Waals surface area (Å²) in [6, 6.07) is 18.7. The lowest BCUT2D eigenvalue weighted by Gasteiger charge is -2.20. The minimum Gasteiger partial charge on any atom is -0.484 e. The maximum absolute atomic E-state index is 12.6. The molecule has 2 amide bonds. The Morgan fingerprint density at radius 1 is 1.10 bits per heavy atom. The van der Waals surface area contributed by atoms with E-state index >= 15 is 0 Å². The molecule has 0 aliphatic heterocycles. The van der Waals surface area contributed by atoms with E-state index in [0.717, 1.165) is 17.5 Å². The van der Waals surface area contributed by atoms with Crippen LogP contribution in [0.3, 0.4) is 0 Å². The Balaban J connectivity index is 1.54. The largest absolute Gasteiger partial charge is 0.484 e. The number of ether oxygens (including phenoxy) is 1. The summed E-state index contributed by atoms with van der Waals surface area (Å²) in [6.07, 6.45) is 0.787. The van der Waals surface area contributed by atoms with E-state index in [1.165, 1.54) is 0 Å². The summed E-state index contributed by atoms with van der Waals surface area (Å²) in [5, 5.41) is 6.68. The lowest BCUT2D eigenvalue weighted by Crippen LogP contribution is -2.35. The van der Waals surface area contributed by atoms with E-state index in [1.807, 2.05) is 56.3 Å². The van der Waals surface area contributed by atoms with Gasteiger partial charge in [-0.3, -0.25) is 9.59 Å². The number of hydrogen-bond acceptors (Lipinski definition) is 5. The monoisotopic (exact) mass is 421 g/mol. The zero-order valence-corrected chi connectivity index (χ0v) is 17.8. The second-order valence-electron chi connectivity index (χ2n) is 7.26. The second kappa shape index (κ2) is 11.0. The van der Waals surface area contributed by atoms with Crippen molar-refractivity contribution in [3.63, 3.8) is 0 Å². The lowest BCUT2D eigenvalue weighted by molar-refractivity contribution is -0.134. The van der Waals surface area contributed by atoms with Crippen LogP contribution in [0.4, 0.5) is 0 Å². The molecule has 162 valence electrons. The van der Waals surface area contributed by atoms with Crippen molar-refractivity contribution in [1.29, 1.82) is 0 Å². The third-order valence-electron chi connectivity index (χ3n) is 4.66. The maximum Gasteiger partial charge on any atom is 0.273 e. The highest BCUT2D eigenvalue weighted by Gasteiger charge is 2.18. The topological polar surface area (TPSA) is 84.7 Å². The van der Waals surface area contributed by atoms with E-state index in [-0.39, 0.29) is 30.7 Å². The SMILES string of the molecule is CCCN(Cc1cc(C(=O)NCc2ccc(C)cc2)no1)C(=O)COc1ccccc1. The summed E-state index contributed by atoms with van der Waals surface area (Å²) >= 11 is 0. The molecule has 0 spiro atoms. The van der Waals surface area contributed by atoms with Crippen LogP contribution in [0.25, 0.3) is 0 Å². The molecule has 0 bridgehead atoms. The van der Waals surface area contributed by atoms with Gasteiger partial charge in [-0.05, 0) is 31.0 Å². The molecule has 0 saturated heterocycles. The van der Waals surface area contributed by atoms with E-state index in [9.17, 15) is 9.59 Å². The zero-order valence-electron chi connectivity index (χ0n) is 17.8. The number of rotatable bonds is 10. The minimum atomic E-state index is -0.323. The molecule has 7 nitrogen and oxygen atoms in total. The number of aromatic nitrogens is 1. The number of hydrogen-bond donors (Lipinski definition) is 1. The van der Waals surface area contributed by atoms with Gasteiger partial charge in [-0.15, -0.1) is 0 Å². The molecule has 0 aliphatic carbocycles. The van der Waals surface area contributed by atoms with Crippen LogP contribution in [-0.2, 0) is 17.9 Å². The molecule has 7 heteroatoms. The number of para-hydroxylation sites is 1. The highest BCUT2D eigenvalue weighted by atomic mass is 16.5. The molecule has 0 unspecified atom stereocenters. The molecular formula is C24H27N3O4. The number of aryl methyl sites for hydroxylation is 1. The van der Waals surface area contributed by atoms with Crippen molar-refractivity contribution in [2.24, 2.45) is 0 Å². The average molecular weight is 421 g/mol. The molecular weight excluding hydrogens is 394 g/mol. The van der Waals surface area contributed by atoms with Gasteiger partial charge < -0.3 is 19.5 Å². The van der Waals surface area contributed by atoms with Crippen molar-refractivity contribution in [2.45, 2.75) is 33.4 Å². The summed E-state index contributed by atoms with van der Waals surface area (Å²) in [6.45, 7) is 5.11. The third kappa shape index (κ3) is 6.70. The standard InChI is InChI=1S/C24H27N3O4/c1-3-13-27(23(28)17-30-20-7-5-4-6-8-20)16-21-14-22(26-31-21)24(29)25-15-19-11-9-18(2)10-12-19/h4-12,14H,3,13,15-17H2,1-2H3,(H,25,29). The molecule has 3 rings (SSSR count). The predicted molar refractivity (Wildman–Crippen MR) is 116 cm³/mol. The number of carbonyl (C=O) groups is 2. The Labute approximate surface area is 182 Å². The molecule has 31 heavy (non-hydrogen) atoms. The molecule has 0 atom stereocenters. The molecule has 0 radical (unpaired) electrons. The van der Waals surface area contributed by atoms with Crippen LogP contribution < -0.4 is 10.1 Å². The van der Waals surface area contributed by atoms with E-state index in [1.54, 1.807) is 23.1 Å². The van der Waals surface area contributed by atoms with Gasteiger partial charge >= 0.3 is 0 Å². The van der Waals surface area contributed by atoms with Crippen molar-refractivity contribution in [3.8, 4) is 5.75 Å². The Bertz CT molecular complexity index is 984. The summed E-state index contributed by atoms with van der Waals surface area (Å²) in [5.41, 5.74) is 2.35. The highest BCUT2D eigenvalue weighted by Crippen LogP contribution is 2.12. The van der Waals surface area contributed by atoms with Gasteiger partial charge in [-0.2, -0.15) is 0 Å². The maximum atomic E-state index is 12.6. The third-order valence-corrected chi connectivity index (χ3v) is 4.66. The quantitative estimate of drug-likeness (QED) is 0.539. The zero-order chi connectivity index (χ0) is 22.1. The van der Waals surface area contributed by atoms with Crippen molar-refractivity contribution in [1.82, 2.24) is 15.4 Å². The first kappa shape index (κ1) is 22.1. The molecule has 3 aromatic rings. The van der Waals surface area contributed by atoms with Crippen LogP contribution >= 0.6 is 0 Å². The summed E-state index contributed by atoms with van der Waals surface area (Å²) in [7, 11) is 0. The van der Waals surface area contributed by atoms with Gasteiger partial charge in [0.25, 0.3) is 11.8 Å². The fourth-order valence-corrected chi connectivity index (χ4v) is 2.98. The van der Waals surface area contributed by atoms with Crippen LogP contribution in [0.2, 0.25) is 0 Å². The fourth-order valence-electron chi connectivity index (χ4n) is 2.98. The van der Waals surface area contributed by atoms with E-state index in [0.29, 0.717) is 24.6 Å². The van der Waals surface area contributed by atoms with Crippen LogP contribution in [-0.4, -0.2) is 35.0 Å². The lowest BCUT2D eigenvalue weighted by atomic mass is 10.1. The molecule has 1 N–H and O–H groups in total. The summed E-state index contributed by atoms with van der Waals surface area (Å²) < 4.78 is 10.9. The van der Waals surface area contributed by atoms with Gasteiger partial charge in [0.2, 0.25) is 0 Å². The van der Waals surface area contributed by atoms with Crippen LogP contribution in [0.15, 0.2) is 65.2 Å². The number of carbonyl (C=O) groups excluding carboxylic acids is 2. The molecule has 0 aliphatic rings. The van der Waals surface area contributed by atoms with Crippen LogP contribution in [0.5, 0.6) is 5.75 Å². The number of amides is 2. The van der Waals surface area contributed by atoms with E-state index < -0.39 is 0 Å². The number of nitrogens with one attached hydrogen (secondary N) is 1. The van der Waals surface area contributed by atoms with E-state index in [2.05, 4.69) is 10.5 Å². The smallest absolute Gasteiger partial charge is 0.273 e. The summed E-state index contributed by atoms with van der Waals surface area (Å²) in [4.78, 5) is 26.6. The summed E-state index contributed by atoms with van der Waals surface area (Å²) in [5.74, 6) is 0.602. The first-order valence-electron chi connectivity index (χ1n) is 10.3. The number of nitrogens with zero attached hydrogens (tertiary/aromatic N) is 2.